The molecule has 0 radical (unpaired) electrons. The summed E-state index contributed by atoms with van der Waals surface area (Å²) in [4.78, 5) is 0. The summed E-state index contributed by atoms with van der Waals surface area (Å²) in [5.41, 5.74) is -5.13. The second-order valence-electron chi connectivity index (χ2n) is 13.3. The largest absolute Gasteiger partial charge is 0.506 e. The summed E-state index contributed by atoms with van der Waals surface area (Å²) >= 11 is 0. The molecule has 0 aromatic heterocycles. The van der Waals surface area contributed by atoms with E-state index in [4.69, 9.17) is 0 Å². The zero-order valence-corrected chi connectivity index (χ0v) is 29.1. The number of phenolic OH excluding ortho intramolecular Hbond substituents is 16. The highest BCUT2D eigenvalue weighted by molar-refractivity contribution is 6.30. The van der Waals surface area contributed by atoms with Gasteiger partial charge in [-0.05, 0) is 28.0 Å². The Hall–Kier alpha value is -8.66. The molecule has 58 heavy (non-hydrogen) atoms. The Kier molecular flexibility index (Phi) is 7.79. The highest BCUT2D eigenvalue weighted by atomic mass is 16.4. The third kappa shape index (κ3) is 4.68. The third-order valence-corrected chi connectivity index (χ3v) is 10.2. The SMILES string of the molecule is Oc1c(O)c(O)c(-c2c(O)c(O)c(O)c(-c3c(O)c(O)c4c(-c5ccccc5)c5c(O)c(O)c(O)c(O)c5c(-c5ccc6ccccc6c5)c4c3O)c2O)c(O)c1O. The molecule has 0 unspecified atom stereocenters. The molecule has 0 amide bonds. The van der Waals surface area contributed by atoms with Crippen LogP contribution >= 0.6 is 0 Å². The van der Waals surface area contributed by atoms with Crippen molar-refractivity contribution >= 4 is 32.3 Å². The first-order chi connectivity index (χ1) is 27.5. The van der Waals surface area contributed by atoms with Crippen LogP contribution in [0.2, 0.25) is 0 Å². The van der Waals surface area contributed by atoms with Crippen molar-refractivity contribution in [3.05, 3.63) is 72.8 Å². The van der Waals surface area contributed by atoms with Crippen molar-refractivity contribution < 1.29 is 81.7 Å². The van der Waals surface area contributed by atoms with Crippen LogP contribution in [0, 0.1) is 0 Å². The van der Waals surface area contributed by atoms with E-state index in [1.54, 1.807) is 42.5 Å². The van der Waals surface area contributed by atoms with Gasteiger partial charge in [-0.25, -0.2) is 0 Å². The van der Waals surface area contributed by atoms with E-state index in [1.165, 1.54) is 30.3 Å². The van der Waals surface area contributed by atoms with Crippen LogP contribution < -0.4 is 0 Å². The van der Waals surface area contributed by atoms with Crippen molar-refractivity contribution in [2.45, 2.75) is 0 Å². The molecular formula is C42H28O16. The molecule has 16 N–H and O–H groups in total. The van der Waals surface area contributed by atoms with Crippen molar-refractivity contribution in [3.8, 4) is 136 Å². The number of benzene rings is 8. The Morgan fingerprint density at radius 2 is 0.534 bits per heavy atom. The zero-order valence-electron chi connectivity index (χ0n) is 29.1. The standard InChI is InChI=1S/C42H28O16/c43-27-19-18(16-11-10-13-6-4-5-9-15(13)12-16)22-21(30(46)38(54)39(55)31(22)47)17(14-7-2-1-3-8-14)20(19)29(45)32(48)23(27)24-28(44)25(34(50)37(53)33(24)49)26-35(51)40(56)42(58)41(57)36(26)52/h1-12,43-58H. The number of aromatic hydroxyl groups is 16. The van der Waals surface area contributed by atoms with Gasteiger partial charge in [0.25, 0.3) is 0 Å². The van der Waals surface area contributed by atoms with E-state index in [0.717, 1.165) is 0 Å². The minimum absolute atomic E-state index is 0.104. The maximum atomic E-state index is 12.5. The first-order valence-electron chi connectivity index (χ1n) is 16.8. The average Bonchev–Trinajstić information content (AvgIpc) is 3.23. The van der Waals surface area contributed by atoms with Gasteiger partial charge >= 0.3 is 0 Å². The van der Waals surface area contributed by atoms with Gasteiger partial charge in [-0.1, -0.05) is 66.7 Å². The molecule has 0 saturated heterocycles. The van der Waals surface area contributed by atoms with Gasteiger partial charge in [0.05, 0.1) is 22.3 Å². The highest BCUT2D eigenvalue weighted by Gasteiger charge is 2.38. The molecular weight excluding hydrogens is 760 g/mol. The lowest BCUT2D eigenvalue weighted by atomic mass is 9.81. The van der Waals surface area contributed by atoms with Gasteiger partial charge in [0.15, 0.2) is 46.0 Å². The van der Waals surface area contributed by atoms with Crippen LogP contribution in [0.3, 0.4) is 0 Å². The molecule has 0 aliphatic heterocycles. The fraction of sp³-hybridized carbons (Fsp3) is 0. The minimum atomic E-state index is -1.55. The molecule has 0 atom stereocenters. The first-order valence-corrected chi connectivity index (χ1v) is 16.8. The summed E-state index contributed by atoms with van der Waals surface area (Å²) in [6, 6.07) is 19.2. The van der Waals surface area contributed by atoms with Crippen LogP contribution in [0.15, 0.2) is 72.8 Å². The highest BCUT2D eigenvalue weighted by Crippen LogP contribution is 2.67. The van der Waals surface area contributed by atoms with Crippen LogP contribution in [0.1, 0.15) is 0 Å². The second-order valence-corrected chi connectivity index (χ2v) is 13.3. The van der Waals surface area contributed by atoms with Crippen LogP contribution in [0.25, 0.3) is 76.8 Å². The van der Waals surface area contributed by atoms with Crippen LogP contribution in [0.5, 0.6) is 92.0 Å². The summed E-state index contributed by atoms with van der Waals surface area (Å²) in [7, 11) is 0. The van der Waals surface area contributed by atoms with Gasteiger partial charge in [0.1, 0.15) is 11.5 Å². The number of fused-ring (bicyclic) bond motifs is 3. The predicted octanol–water partition coefficient (Wildman–Crippen LogP) is 7.10. The number of rotatable bonds is 4. The lowest BCUT2D eigenvalue weighted by molar-refractivity contribution is 0.329. The van der Waals surface area contributed by atoms with E-state index in [2.05, 4.69) is 0 Å². The number of phenols is 16. The minimum Gasteiger partial charge on any atom is -0.506 e. The van der Waals surface area contributed by atoms with Crippen molar-refractivity contribution in [2.24, 2.45) is 0 Å². The smallest absolute Gasteiger partial charge is 0.208 e. The van der Waals surface area contributed by atoms with Crippen LogP contribution in [0.4, 0.5) is 0 Å². The van der Waals surface area contributed by atoms with E-state index < -0.39 is 136 Å². The molecule has 8 aromatic carbocycles. The number of hydrogen-bond donors (Lipinski definition) is 16. The van der Waals surface area contributed by atoms with Crippen LogP contribution in [-0.4, -0.2) is 81.7 Å². The second kappa shape index (κ2) is 12.4. The Morgan fingerprint density at radius 3 is 1.05 bits per heavy atom. The van der Waals surface area contributed by atoms with Gasteiger partial charge in [-0.15, -0.1) is 0 Å². The Balaban J connectivity index is 1.66. The Morgan fingerprint density at radius 1 is 0.207 bits per heavy atom. The molecule has 0 aliphatic carbocycles. The fourth-order valence-corrected chi connectivity index (χ4v) is 7.49. The van der Waals surface area contributed by atoms with E-state index in [1.807, 2.05) is 0 Å². The summed E-state index contributed by atoms with van der Waals surface area (Å²) in [6.45, 7) is 0. The molecule has 16 heteroatoms. The average molecular weight is 789 g/mol. The quantitative estimate of drug-likeness (QED) is 0.0480. The Labute approximate surface area is 322 Å². The summed E-state index contributed by atoms with van der Waals surface area (Å²) in [6.07, 6.45) is 0. The van der Waals surface area contributed by atoms with Crippen molar-refractivity contribution in [2.75, 3.05) is 0 Å². The lowest BCUT2D eigenvalue weighted by Gasteiger charge is -2.24. The molecule has 0 saturated carbocycles. The fourth-order valence-electron chi connectivity index (χ4n) is 7.49. The van der Waals surface area contributed by atoms with Gasteiger partial charge < -0.3 is 81.7 Å². The normalized spacial score (nSPS) is 11.5. The summed E-state index contributed by atoms with van der Waals surface area (Å²) < 4.78 is 0. The van der Waals surface area contributed by atoms with E-state index >= 15 is 0 Å². The molecule has 292 valence electrons. The van der Waals surface area contributed by atoms with Gasteiger partial charge in [0.2, 0.25) is 34.5 Å². The van der Waals surface area contributed by atoms with Gasteiger partial charge in [0, 0.05) is 32.7 Å². The molecule has 8 aromatic rings. The topological polar surface area (TPSA) is 324 Å². The van der Waals surface area contributed by atoms with E-state index in [-0.39, 0.29) is 22.3 Å². The summed E-state index contributed by atoms with van der Waals surface area (Å²) in [5, 5.41) is 177. The molecule has 0 heterocycles. The lowest BCUT2D eigenvalue weighted by Crippen LogP contribution is -1.96. The predicted molar refractivity (Wildman–Crippen MR) is 207 cm³/mol. The van der Waals surface area contributed by atoms with Crippen LogP contribution in [-0.2, 0) is 0 Å². The third-order valence-electron chi connectivity index (χ3n) is 10.2. The molecule has 0 spiro atoms. The van der Waals surface area contributed by atoms with Gasteiger partial charge in [-0.3, -0.25) is 0 Å². The van der Waals surface area contributed by atoms with Crippen molar-refractivity contribution in [3.63, 3.8) is 0 Å². The van der Waals surface area contributed by atoms with Gasteiger partial charge in [-0.2, -0.15) is 0 Å². The maximum absolute atomic E-state index is 12.5. The molecule has 16 nitrogen and oxygen atoms in total. The number of hydrogen-bond acceptors (Lipinski definition) is 16. The molecule has 8 rings (SSSR count). The maximum Gasteiger partial charge on any atom is 0.208 e. The first kappa shape index (κ1) is 36.3. The molecule has 0 bridgehead atoms. The van der Waals surface area contributed by atoms with E-state index in [9.17, 15) is 81.7 Å². The van der Waals surface area contributed by atoms with Crippen molar-refractivity contribution in [1.82, 2.24) is 0 Å². The van der Waals surface area contributed by atoms with Crippen molar-refractivity contribution in [1.29, 1.82) is 0 Å². The molecule has 0 fully saturated rings. The monoisotopic (exact) mass is 788 g/mol. The Bertz CT molecular complexity index is 3090. The zero-order chi connectivity index (χ0) is 41.8. The molecule has 0 aliphatic rings. The van der Waals surface area contributed by atoms with E-state index in [0.29, 0.717) is 10.8 Å². The summed E-state index contributed by atoms with van der Waals surface area (Å²) in [5.74, 6) is -21.5.